The maximum atomic E-state index is 12.7. The van der Waals surface area contributed by atoms with Crippen molar-refractivity contribution in [3.63, 3.8) is 0 Å². The van der Waals surface area contributed by atoms with E-state index in [2.05, 4.69) is 15.5 Å². The number of urea groups is 1. The van der Waals surface area contributed by atoms with Gasteiger partial charge in [0.15, 0.2) is 5.65 Å². The summed E-state index contributed by atoms with van der Waals surface area (Å²) in [5.74, 6) is 1.33. The summed E-state index contributed by atoms with van der Waals surface area (Å²) in [6.45, 7) is 1.26. The number of amides is 3. The first-order valence-corrected chi connectivity index (χ1v) is 9.72. The summed E-state index contributed by atoms with van der Waals surface area (Å²) in [4.78, 5) is 28.3. The Morgan fingerprint density at radius 2 is 1.90 bits per heavy atom. The number of likely N-dealkylation sites (tertiary alicyclic amines) is 1. The topological polar surface area (TPSA) is 92.1 Å². The molecular weight excluding hydrogens is 384 g/mol. The van der Waals surface area contributed by atoms with Gasteiger partial charge in [-0.05, 0) is 42.8 Å². The Kier molecular flexibility index (Phi) is 5.26. The number of pyridine rings is 1. The van der Waals surface area contributed by atoms with E-state index >= 15 is 0 Å². The zero-order valence-corrected chi connectivity index (χ0v) is 17.2. The smallest absolute Gasteiger partial charge is 0.319 e. The lowest BCUT2D eigenvalue weighted by Crippen LogP contribution is -2.37. The molecule has 1 aromatic carbocycles. The lowest BCUT2D eigenvalue weighted by molar-refractivity contribution is 0.102. The van der Waals surface area contributed by atoms with Crippen LogP contribution in [0.5, 0.6) is 5.75 Å². The zero-order valence-electron chi connectivity index (χ0n) is 17.2. The van der Waals surface area contributed by atoms with Crippen LogP contribution in [0.3, 0.4) is 0 Å². The van der Waals surface area contributed by atoms with E-state index in [4.69, 9.17) is 4.74 Å². The molecule has 0 radical (unpaired) electrons. The van der Waals surface area contributed by atoms with E-state index in [-0.39, 0.29) is 17.9 Å². The number of rotatable bonds is 4. The lowest BCUT2D eigenvalue weighted by Gasteiger charge is -2.21. The van der Waals surface area contributed by atoms with E-state index in [1.807, 2.05) is 9.30 Å². The van der Waals surface area contributed by atoms with Crippen LogP contribution < -0.4 is 10.1 Å². The van der Waals surface area contributed by atoms with E-state index < -0.39 is 0 Å². The largest absolute Gasteiger partial charge is 0.497 e. The van der Waals surface area contributed by atoms with Crippen molar-refractivity contribution in [3.8, 4) is 5.75 Å². The van der Waals surface area contributed by atoms with Crippen LogP contribution in [0.4, 0.5) is 10.5 Å². The molecule has 1 aliphatic heterocycles. The molecule has 30 heavy (non-hydrogen) atoms. The number of hydrogen-bond donors (Lipinski definition) is 1. The van der Waals surface area contributed by atoms with Crippen molar-refractivity contribution in [2.75, 3.05) is 39.6 Å². The quantitative estimate of drug-likeness (QED) is 0.716. The predicted octanol–water partition coefficient (Wildman–Crippen LogP) is 2.46. The van der Waals surface area contributed by atoms with Gasteiger partial charge in [-0.15, -0.1) is 10.2 Å². The van der Waals surface area contributed by atoms with E-state index in [0.717, 1.165) is 18.0 Å². The Hall–Kier alpha value is -3.62. The fraction of sp³-hybridized carbons (Fsp3) is 0.333. The number of anilines is 1. The summed E-state index contributed by atoms with van der Waals surface area (Å²) < 4.78 is 6.98. The molecule has 1 fully saturated rings. The minimum Gasteiger partial charge on any atom is -0.497 e. The number of carbonyl (C=O) groups is 2. The van der Waals surface area contributed by atoms with Gasteiger partial charge in [-0.3, -0.25) is 9.20 Å². The number of hydrogen-bond acceptors (Lipinski definition) is 5. The Labute approximate surface area is 174 Å². The van der Waals surface area contributed by atoms with Crippen molar-refractivity contribution in [1.29, 1.82) is 0 Å². The van der Waals surface area contributed by atoms with Crippen LogP contribution >= 0.6 is 0 Å². The summed E-state index contributed by atoms with van der Waals surface area (Å²) in [6, 6.07) is 10.6. The maximum Gasteiger partial charge on any atom is 0.319 e. The minimum absolute atomic E-state index is 0.00845. The predicted molar refractivity (Wildman–Crippen MR) is 112 cm³/mol. The van der Waals surface area contributed by atoms with Crippen LogP contribution in [0, 0.1) is 0 Å². The Morgan fingerprint density at radius 1 is 1.13 bits per heavy atom. The number of benzene rings is 1. The number of nitrogens with one attached hydrogen (secondary N) is 1. The minimum atomic E-state index is -0.224. The fourth-order valence-corrected chi connectivity index (χ4v) is 3.63. The van der Waals surface area contributed by atoms with Crippen LogP contribution in [0.15, 0.2) is 42.6 Å². The molecule has 2 aromatic heterocycles. The maximum absolute atomic E-state index is 12.7. The highest BCUT2D eigenvalue weighted by molar-refractivity contribution is 6.04. The molecule has 0 spiro atoms. The van der Waals surface area contributed by atoms with Crippen molar-refractivity contribution in [3.05, 3.63) is 54.0 Å². The Balaban J connectivity index is 1.54. The van der Waals surface area contributed by atoms with E-state index in [9.17, 15) is 9.59 Å². The highest BCUT2D eigenvalue weighted by atomic mass is 16.5. The highest BCUT2D eigenvalue weighted by Crippen LogP contribution is 2.27. The number of aromatic nitrogens is 3. The molecule has 3 heterocycles. The number of nitrogens with zero attached hydrogens (tertiary/aromatic N) is 5. The molecule has 9 nitrogen and oxygen atoms in total. The Morgan fingerprint density at radius 3 is 2.60 bits per heavy atom. The average Bonchev–Trinajstić information content (AvgIpc) is 3.40. The van der Waals surface area contributed by atoms with E-state index in [1.165, 1.54) is 0 Å². The SMILES string of the molecule is COc1ccc(NC(=O)c2ccc3nnc(C4CCN(C(=O)N(C)C)C4)n3c2)cc1. The Bertz CT molecular complexity index is 1080. The van der Waals surface area contributed by atoms with Gasteiger partial charge in [0.25, 0.3) is 5.91 Å². The van der Waals surface area contributed by atoms with Crippen molar-refractivity contribution < 1.29 is 14.3 Å². The van der Waals surface area contributed by atoms with Crippen LogP contribution in [0.1, 0.15) is 28.5 Å². The van der Waals surface area contributed by atoms with Gasteiger partial charge in [0.1, 0.15) is 11.6 Å². The van der Waals surface area contributed by atoms with E-state index in [1.54, 1.807) is 68.7 Å². The molecule has 1 saturated heterocycles. The summed E-state index contributed by atoms with van der Waals surface area (Å²) in [7, 11) is 5.09. The molecule has 1 N–H and O–H groups in total. The van der Waals surface area contributed by atoms with E-state index in [0.29, 0.717) is 30.0 Å². The molecule has 9 heteroatoms. The standard InChI is InChI=1S/C21H24N6O3/c1-25(2)21(29)26-11-10-14(12-26)19-24-23-18-9-4-15(13-27(18)19)20(28)22-16-5-7-17(30-3)8-6-16/h4-9,13-14H,10-12H2,1-3H3,(H,22,28). The molecule has 0 bridgehead atoms. The van der Waals surface area contributed by atoms with Gasteiger partial charge in [-0.2, -0.15) is 0 Å². The second-order valence-corrected chi connectivity index (χ2v) is 7.50. The third-order valence-corrected chi connectivity index (χ3v) is 5.25. The van der Waals surface area contributed by atoms with Gasteiger partial charge in [0.2, 0.25) is 0 Å². The zero-order chi connectivity index (χ0) is 21.3. The normalized spacial score (nSPS) is 16.0. The molecule has 0 aliphatic carbocycles. The molecule has 1 unspecified atom stereocenters. The number of carbonyl (C=O) groups excluding carboxylic acids is 2. The summed E-state index contributed by atoms with van der Waals surface area (Å²) in [6.07, 6.45) is 2.56. The van der Waals surface area contributed by atoms with Gasteiger partial charge in [0.05, 0.1) is 12.7 Å². The molecule has 4 rings (SSSR count). The van der Waals surface area contributed by atoms with Crippen molar-refractivity contribution in [1.82, 2.24) is 24.4 Å². The number of fused-ring (bicyclic) bond motifs is 1. The number of ether oxygens (including phenoxy) is 1. The monoisotopic (exact) mass is 408 g/mol. The van der Waals surface area contributed by atoms with Gasteiger partial charge in [-0.25, -0.2) is 4.79 Å². The molecule has 156 valence electrons. The van der Waals surface area contributed by atoms with Crippen LogP contribution in [0.2, 0.25) is 0 Å². The first kappa shape index (κ1) is 19.7. The van der Waals surface area contributed by atoms with Crippen molar-refractivity contribution in [2.24, 2.45) is 0 Å². The van der Waals surface area contributed by atoms with Crippen LogP contribution in [-0.4, -0.2) is 70.6 Å². The third kappa shape index (κ3) is 3.78. The van der Waals surface area contributed by atoms with Gasteiger partial charge in [0, 0.05) is 45.0 Å². The number of methoxy groups -OCH3 is 1. The fourth-order valence-electron chi connectivity index (χ4n) is 3.63. The second kappa shape index (κ2) is 8.02. The first-order chi connectivity index (χ1) is 14.5. The molecule has 0 saturated carbocycles. The van der Waals surface area contributed by atoms with Crippen LogP contribution in [-0.2, 0) is 0 Å². The molecule has 3 aromatic rings. The van der Waals surface area contributed by atoms with Crippen molar-refractivity contribution >= 4 is 23.3 Å². The van der Waals surface area contributed by atoms with Gasteiger partial charge in [-0.1, -0.05) is 0 Å². The van der Waals surface area contributed by atoms with Gasteiger partial charge < -0.3 is 19.9 Å². The van der Waals surface area contributed by atoms with Crippen LogP contribution in [0.25, 0.3) is 5.65 Å². The highest BCUT2D eigenvalue weighted by Gasteiger charge is 2.31. The summed E-state index contributed by atoms with van der Waals surface area (Å²) >= 11 is 0. The molecular formula is C21H24N6O3. The second-order valence-electron chi connectivity index (χ2n) is 7.50. The molecule has 1 atom stereocenters. The first-order valence-electron chi connectivity index (χ1n) is 9.72. The molecule has 3 amide bonds. The van der Waals surface area contributed by atoms with Crippen molar-refractivity contribution in [2.45, 2.75) is 12.3 Å². The lowest BCUT2D eigenvalue weighted by atomic mass is 10.1. The summed E-state index contributed by atoms with van der Waals surface area (Å²) in [5.41, 5.74) is 1.85. The van der Waals surface area contributed by atoms with Gasteiger partial charge >= 0.3 is 6.03 Å². The average molecular weight is 408 g/mol. The third-order valence-electron chi connectivity index (χ3n) is 5.25. The molecule has 1 aliphatic rings. The summed E-state index contributed by atoms with van der Waals surface area (Å²) in [5, 5.41) is 11.4.